The number of hydrogen-bond acceptors (Lipinski definition) is 7. The Bertz CT molecular complexity index is 1210. The largest absolute Gasteiger partial charge is 0.481 e. The summed E-state index contributed by atoms with van der Waals surface area (Å²) in [5.41, 5.74) is 7.07. The van der Waals surface area contributed by atoms with Crippen molar-refractivity contribution in [3.8, 4) is 0 Å². The van der Waals surface area contributed by atoms with Crippen molar-refractivity contribution in [1.29, 1.82) is 0 Å². The second kappa shape index (κ2) is 16.4. The van der Waals surface area contributed by atoms with Crippen molar-refractivity contribution in [3.05, 3.63) is 71.8 Å². The van der Waals surface area contributed by atoms with Crippen LogP contribution in [0.3, 0.4) is 0 Å². The van der Waals surface area contributed by atoms with Crippen LogP contribution in [-0.4, -0.2) is 75.1 Å². The first kappa shape index (κ1) is 32.4. The molecule has 220 valence electrons. The number of aliphatic carboxylic acids is 3. The first-order valence-corrected chi connectivity index (χ1v) is 12.9. The van der Waals surface area contributed by atoms with Gasteiger partial charge < -0.3 is 37.0 Å². The molecule has 0 aliphatic rings. The highest BCUT2D eigenvalue weighted by Crippen LogP contribution is 2.08. The van der Waals surface area contributed by atoms with Gasteiger partial charge in [0.1, 0.15) is 18.1 Å². The van der Waals surface area contributed by atoms with Crippen LogP contribution in [0.25, 0.3) is 0 Å². The molecule has 0 aliphatic heterocycles. The van der Waals surface area contributed by atoms with Gasteiger partial charge in [-0.05, 0) is 24.0 Å². The van der Waals surface area contributed by atoms with Crippen molar-refractivity contribution >= 4 is 35.6 Å². The normalized spacial score (nSPS) is 13.6. The first-order valence-electron chi connectivity index (χ1n) is 12.9. The van der Waals surface area contributed by atoms with Gasteiger partial charge in [0.15, 0.2) is 0 Å². The Hall–Kier alpha value is -4.78. The summed E-state index contributed by atoms with van der Waals surface area (Å²) >= 11 is 0. The maximum absolute atomic E-state index is 13.3. The van der Waals surface area contributed by atoms with Crippen LogP contribution >= 0.6 is 0 Å². The number of carboxylic acids is 3. The highest BCUT2D eigenvalue weighted by Gasteiger charge is 2.31. The lowest BCUT2D eigenvalue weighted by molar-refractivity contribution is -0.143. The van der Waals surface area contributed by atoms with Crippen molar-refractivity contribution in [2.24, 2.45) is 5.73 Å². The molecule has 2 aromatic carbocycles. The Labute approximate surface area is 236 Å². The molecule has 8 N–H and O–H groups in total. The van der Waals surface area contributed by atoms with Gasteiger partial charge in [-0.1, -0.05) is 60.7 Å². The molecule has 0 radical (unpaired) electrons. The fourth-order valence-electron chi connectivity index (χ4n) is 3.88. The maximum Gasteiger partial charge on any atom is 0.326 e. The SMILES string of the molecule is NC(CCC(=O)O)C(=O)NC(Cc1ccccc1)C(=O)NC(CCC(=O)O)C(=O)NC(Cc1ccccc1)C(=O)O. The van der Waals surface area contributed by atoms with Crippen LogP contribution in [0.15, 0.2) is 60.7 Å². The van der Waals surface area contributed by atoms with E-state index in [1.165, 1.54) is 0 Å². The van der Waals surface area contributed by atoms with E-state index in [0.717, 1.165) is 0 Å². The summed E-state index contributed by atoms with van der Waals surface area (Å²) in [5.74, 6) is -6.25. The minimum absolute atomic E-state index is 0.0247. The summed E-state index contributed by atoms with van der Waals surface area (Å²) in [6, 6.07) is 11.8. The minimum Gasteiger partial charge on any atom is -0.481 e. The van der Waals surface area contributed by atoms with Gasteiger partial charge in [-0.2, -0.15) is 0 Å². The van der Waals surface area contributed by atoms with E-state index in [4.69, 9.17) is 15.9 Å². The van der Waals surface area contributed by atoms with Gasteiger partial charge >= 0.3 is 17.9 Å². The Balaban J connectivity index is 2.23. The molecule has 0 spiro atoms. The number of benzene rings is 2. The summed E-state index contributed by atoms with van der Waals surface area (Å²) < 4.78 is 0. The summed E-state index contributed by atoms with van der Waals surface area (Å²) in [6.07, 6.45) is -1.48. The fourth-order valence-corrected chi connectivity index (χ4v) is 3.88. The van der Waals surface area contributed by atoms with Gasteiger partial charge in [0.2, 0.25) is 17.7 Å². The highest BCUT2D eigenvalue weighted by molar-refractivity contribution is 5.94. The molecule has 0 saturated carbocycles. The quantitative estimate of drug-likeness (QED) is 0.135. The number of carbonyl (C=O) groups is 6. The third-order valence-corrected chi connectivity index (χ3v) is 6.10. The van der Waals surface area contributed by atoms with Crippen LogP contribution in [-0.2, 0) is 41.6 Å². The number of rotatable bonds is 17. The average molecular weight is 571 g/mol. The molecular formula is C28H34N4O9. The lowest BCUT2D eigenvalue weighted by Crippen LogP contribution is -2.57. The molecule has 4 atom stereocenters. The molecule has 13 nitrogen and oxygen atoms in total. The lowest BCUT2D eigenvalue weighted by Gasteiger charge is -2.25. The molecule has 0 heterocycles. The Morgan fingerprint density at radius 2 is 1.00 bits per heavy atom. The van der Waals surface area contributed by atoms with E-state index in [2.05, 4.69) is 16.0 Å². The van der Waals surface area contributed by atoms with Crippen LogP contribution in [0.4, 0.5) is 0 Å². The van der Waals surface area contributed by atoms with E-state index in [0.29, 0.717) is 11.1 Å². The third kappa shape index (κ3) is 11.9. The van der Waals surface area contributed by atoms with Crippen LogP contribution < -0.4 is 21.7 Å². The second-order valence-corrected chi connectivity index (χ2v) is 9.37. The highest BCUT2D eigenvalue weighted by atomic mass is 16.4. The van der Waals surface area contributed by atoms with Crippen molar-refractivity contribution in [1.82, 2.24) is 16.0 Å². The van der Waals surface area contributed by atoms with Gasteiger partial charge in [-0.15, -0.1) is 0 Å². The van der Waals surface area contributed by atoms with Crippen LogP contribution in [0, 0.1) is 0 Å². The van der Waals surface area contributed by atoms with E-state index < -0.39 is 66.2 Å². The Morgan fingerprint density at radius 1 is 0.585 bits per heavy atom. The fraction of sp³-hybridized carbons (Fsp3) is 0.357. The van der Waals surface area contributed by atoms with Crippen molar-refractivity contribution in [3.63, 3.8) is 0 Å². The van der Waals surface area contributed by atoms with E-state index >= 15 is 0 Å². The molecule has 0 bridgehead atoms. The molecule has 4 unspecified atom stereocenters. The molecule has 0 fully saturated rings. The van der Waals surface area contributed by atoms with Crippen molar-refractivity contribution in [2.45, 2.75) is 62.7 Å². The van der Waals surface area contributed by atoms with E-state index in [9.17, 15) is 33.9 Å². The molecule has 0 aromatic heterocycles. The van der Waals surface area contributed by atoms with Crippen LogP contribution in [0.1, 0.15) is 36.8 Å². The van der Waals surface area contributed by atoms with E-state index in [1.54, 1.807) is 60.7 Å². The predicted octanol–water partition coefficient (Wildman–Crippen LogP) is 0.0677. The monoisotopic (exact) mass is 570 g/mol. The van der Waals surface area contributed by atoms with Crippen LogP contribution in [0.5, 0.6) is 0 Å². The second-order valence-electron chi connectivity index (χ2n) is 9.37. The summed E-state index contributed by atoms with van der Waals surface area (Å²) in [6.45, 7) is 0. The first-order chi connectivity index (χ1) is 19.5. The van der Waals surface area contributed by atoms with E-state index in [-0.39, 0.29) is 32.1 Å². The zero-order chi connectivity index (χ0) is 30.4. The third-order valence-electron chi connectivity index (χ3n) is 6.10. The van der Waals surface area contributed by atoms with Crippen molar-refractivity contribution in [2.75, 3.05) is 0 Å². The maximum atomic E-state index is 13.3. The summed E-state index contributed by atoms with van der Waals surface area (Å²) in [7, 11) is 0. The van der Waals surface area contributed by atoms with E-state index in [1.807, 2.05) is 0 Å². The van der Waals surface area contributed by atoms with Gasteiger partial charge in [-0.3, -0.25) is 24.0 Å². The number of carboxylic acid groups (broad SMARTS) is 3. The zero-order valence-corrected chi connectivity index (χ0v) is 22.2. The summed E-state index contributed by atoms with van der Waals surface area (Å²) in [4.78, 5) is 73.0. The number of amides is 3. The van der Waals surface area contributed by atoms with Crippen LogP contribution in [0.2, 0.25) is 0 Å². The lowest BCUT2D eigenvalue weighted by atomic mass is 10.0. The zero-order valence-electron chi connectivity index (χ0n) is 22.2. The Kier molecular flexibility index (Phi) is 12.9. The average Bonchev–Trinajstić information content (AvgIpc) is 2.93. The standard InChI is InChI=1S/C28H34N4O9/c29-19(11-13-23(33)34)25(37)31-21(15-17-7-3-1-4-8-17)27(39)30-20(12-14-24(35)36)26(38)32-22(28(40)41)16-18-9-5-2-6-10-18/h1-10,19-22H,11-16,29H2,(H,30,39)(H,31,37)(H,32,38)(H,33,34)(H,35,36)(H,40,41). The Morgan fingerprint density at radius 3 is 1.49 bits per heavy atom. The minimum atomic E-state index is -1.44. The molecule has 2 aromatic rings. The number of nitrogens with two attached hydrogens (primary N) is 1. The van der Waals surface area contributed by atoms with Gasteiger partial charge in [-0.25, -0.2) is 4.79 Å². The number of nitrogens with one attached hydrogen (secondary N) is 3. The number of hydrogen-bond donors (Lipinski definition) is 7. The van der Waals surface area contributed by atoms with Gasteiger partial charge in [0.25, 0.3) is 0 Å². The molecule has 2 rings (SSSR count). The van der Waals surface area contributed by atoms with Gasteiger partial charge in [0.05, 0.1) is 6.04 Å². The smallest absolute Gasteiger partial charge is 0.326 e. The molecule has 0 aliphatic carbocycles. The number of carbonyl (C=O) groups excluding carboxylic acids is 3. The summed E-state index contributed by atoms with van der Waals surface area (Å²) in [5, 5.41) is 35.0. The van der Waals surface area contributed by atoms with Gasteiger partial charge in [0, 0.05) is 25.7 Å². The predicted molar refractivity (Wildman–Crippen MR) is 145 cm³/mol. The molecular weight excluding hydrogens is 536 g/mol. The molecule has 3 amide bonds. The molecule has 0 saturated heterocycles. The van der Waals surface area contributed by atoms with Crippen molar-refractivity contribution < 1.29 is 44.1 Å². The topological polar surface area (TPSA) is 225 Å². The molecule has 41 heavy (non-hydrogen) atoms. The molecule has 13 heteroatoms.